The van der Waals surface area contributed by atoms with Crippen molar-refractivity contribution in [3.8, 4) is 11.5 Å². The van der Waals surface area contributed by atoms with E-state index in [-0.39, 0.29) is 11.5 Å². The van der Waals surface area contributed by atoms with Crippen LogP contribution in [0.1, 0.15) is 5.56 Å². The highest BCUT2D eigenvalue weighted by Crippen LogP contribution is 2.45. The first-order valence-corrected chi connectivity index (χ1v) is 4.24. The van der Waals surface area contributed by atoms with Gasteiger partial charge in [0.05, 0.1) is 0 Å². The van der Waals surface area contributed by atoms with Gasteiger partial charge in [-0.25, -0.2) is 0 Å². The SMILES string of the molecule is C=CC(=C)c1cccc2c1OC(F)(F)O2. The van der Waals surface area contributed by atoms with Gasteiger partial charge in [-0.05, 0) is 11.6 Å². The number of rotatable bonds is 2. The molecule has 0 atom stereocenters. The highest BCUT2D eigenvalue weighted by atomic mass is 19.3. The number of hydrogen-bond acceptors (Lipinski definition) is 2. The van der Waals surface area contributed by atoms with Gasteiger partial charge in [-0.1, -0.05) is 31.4 Å². The number of halogens is 2. The van der Waals surface area contributed by atoms with Crippen LogP contribution < -0.4 is 9.47 Å². The monoisotopic (exact) mass is 210 g/mol. The molecule has 0 unspecified atom stereocenters. The van der Waals surface area contributed by atoms with Crippen LogP contribution in [0.2, 0.25) is 0 Å². The van der Waals surface area contributed by atoms with Crippen molar-refractivity contribution in [1.29, 1.82) is 0 Å². The Kier molecular flexibility index (Phi) is 2.00. The number of hydrogen-bond donors (Lipinski definition) is 0. The molecule has 78 valence electrons. The lowest BCUT2D eigenvalue weighted by atomic mass is 10.1. The second-order valence-electron chi connectivity index (χ2n) is 3.03. The van der Waals surface area contributed by atoms with E-state index in [1.165, 1.54) is 12.1 Å². The fourth-order valence-corrected chi connectivity index (χ4v) is 1.33. The van der Waals surface area contributed by atoms with Crippen LogP contribution in [0, 0.1) is 0 Å². The molecule has 0 bridgehead atoms. The van der Waals surface area contributed by atoms with Crippen LogP contribution in [0.5, 0.6) is 11.5 Å². The summed E-state index contributed by atoms with van der Waals surface area (Å²) in [4.78, 5) is 0. The minimum absolute atomic E-state index is 0.00685. The van der Waals surface area contributed by atoms with E-state index in [9.17, 15) is 8.78 Å². The molecule has 1 aliphatic heterocycles. The van der Waals surface area contributed by atoms with E-state index in [1.807, 2.05) is 0 Å². The van der Waals surface area contributed by atoms with Crippen LogP contribution >= 0.6 is 0 Å². The van der Waals surface area contributed by atoms with Crippen molar-refractivity contribution >= 4 is 5.57 Å². The molecule has 1 aromatic carbocycles. The molecule has 1 aromatic rings. The number of fused-ring (bicyclic) bond motifs is 1. The van der Waals surface area contributed by atoms with Gasteiger partial charge in [0.15, 0.2) is 11.5 Å². The molecule has 0 aliphatic carbocycles. The van der Waals surface area contributed by atoms with Gasteiger partial charge in [0.1, 0.15) is 0 Å². The third kappa shape index (κ3) is 1.58. The van der Waals surface area contributed by atoms with Crippen LogP contribution in [-0.4, -0.2) is 6.29 Å². The standard InChI is InChI=1S/C11H8F2O2/c1-3-7(2)8-5-4-6-9-10(8)15-11(12,13)14-9/h3-6H,1-2H2. The molecule has 1 heterocycles. The van der Waals surface area contributed by atoms with E-state index < -0.39 is 6.29 Å². The molecule has 2 rings (SSSR count). The average Bonchev–Trinajstić information content (AvgIpc) is 2.49. The minimum atomic E-state index is -3.60. The van der Waals surface area contributed by atoms with Gasteiger partial charge in [-0.3, -0.25) is 0 Å². The molecule has 0 spiro atoms. The molecule has 0 fully saturated rings. The summed E-state index contributed by atoms with van der Waals surface area (Å²) >= 11 is 0. The van der Waals surface area contributed by atoms with E-state index in [1.54, 1.807) is 12.1 Å². The van der Waals surface area contributed by atoms with E-state index >= 15 is 0 Å². The second kappa shape index (κ2) is 3.08. The molecule has 1 aliphatic rings. The van der Waals surface area contributed by atoms with Crippen molar-refractivity contribution in [2.75, 3.05) is 0 Å². The first kappa shape index (κ1) is 9.71. The summed E-state index contributed by atoms with van der Waals surface area (Å²) in [5.74, 6) is 0.0212. The van der Waals surface area contributed by atoms with Crippen LogP contribution in [0.15, 0.2) is 37.4 Å². The summed E-state index contributed by atoms with van der Waals surface area (Å²) in [6, 6.07) is 4.62. The third-order valence-corrected chi connectivity index (χ3v) is 2.02. The highest BCUT2D eigenvalue weighted by Gasteiger charge is 2.44. The van der Waals surface area contributed by atoms with Gasteiger partial charge in [-0.15, -0.1) is 8.78 Å². The predicted molar refractivity (Wildman–Crippen MR) is 51.9 cm³/mol. The molecule has 4 heteroatoms. The summed E-state index contributed by atoms with van der Waals surface area (Å²) in [6.45, 7) is 7.19. The summed E-state index contributed by atoms with van der Waals surface area (Å²) in [5, 5.41) is 0. The first-order chi connectivity index (χ1) is 7.03. The zero-order chi connectivity index (χ0) is 11.1. The van der Waals surface area contributed by atoms with Gasteiger partial charge in [-0.2, -0.15) is 0 Å². The van der Waals surface area contributed by atoms with Crippen molar-refractivity contribution in [1.82, 2.24) is 0 Å². The molecular formula is C11H8F2O2. The Labute approximate surface area is 85.4 Å². The summed E-state index contributed by atoms with van der Waals surface area (Å²) in [7, 11) is 0. The van der Waals surface area contributed by atoms with Crippen molar-refractivity contribution in [2.45, 2.75) is 6.29 Å². The maximum absolute atomic E-state index is 12.8. The molecule has 2 nitrogen and oxygen atoms in total. The number of alkyl halides is 2. The Morgan fingerprint density at radius 3 is 2.73 bits per heavy atom. The zero-order valence-corrected chi connectivity index (χ0v) is 7.80. The second-order valence-corrected chi connectivity index (χ2v) is 3.03. The molecule has 0 aromatic heterocycles. The largest absolute Gasteiger partial charge is 0.586 e. The predicted octanol–water partition coefficient (Wildman–Crippen LogP) is 3.21. The van der Waals surface area contributed by atoms with Crippen molar-refractivity contribution in [2.24, 2.45) is 0 Å². The maximum atomic E-state index is 12.8. The molecular weight excluding hydrogens is 202 g/mol. The molecule has 0 N–H and O–H groups in total. The Morgan fingerprint density at radius 2 is 2.07 bits per heavy atom. The fourth-order valence-electron chi connectivity index (χ4n) is 1.33. The van der Waals surface area contributed by atoms with Crippen LogP contribution in [-0.2, 0) is 0 Å². The van der Waals surface area contributed by atoms with Crippen molar-refractivity contribution in [3.05, 3.63) is 43.0 Å². The lowest BCUT2D eigenvalue weighted by molar-refractivity contribution is -0.286. The van der Waals surface area contributed by atoms with E-state index in [4.69, 9.17) is 0 Å². The van der Waals surface area contributed by atoms with Gasteiger partial charge in [0.2, 0.25) is 0 Å². The quantitative estimate of drug-likeness (QED) is 0.698. The molecule has 15 heavy (non-hydrogen) atoms. The third-order valence-electron chi connectivity index (χ3n) is 2.02. The van der Waals surface area contributed by atoms with Crippen molar-refractivity contribution < 1.29 is 18.3 Å². The number of para-hydroxylation sites is 1. The van der Waals surface area contributed by atoms with Crippen LogP contribution in [0.3, 0.4) is 0 Å². The van der Waals surface area contributed by atoms with Gasteiger partial charge in [0, 0.05) is 5.56 Å². The zero-order valence-electron chi connectivity index (χ0n) is 7.80. The summed E-state index contributed by atoms with van der Waals surface area (Å²) < 4.78 is 34.3. The Morgan fingerprint density at radius 1 is 1.33 bits per heavy atom. The number of benzene rings is 1. The van der Waals surface area contributed by atoms with E-state index in [2.05, 4.69) is 22.6 Å². The lowest BCUT2D eigenvalue weighted by Gasteiger charge is -2.06. The first-order valence-electron chi connectivity index (χ1n) is 4.24. The highest BCUT2D eigenvalue weighted by molar-refractivity contribution is 5.77. The van der Waals surface area contributed by atoms with Gasteiger partial charge >= 0.3 is 6.29 Å². The average molecular weight is 210 g/mol. The summed E-state index contributed by atoms with van der Waals surface area (Å²) in [6.07, 6.45) is -2.13. The molecule has 0 saturated carbocycles. The van der Waals surface area contributed by atoms with Crippen LogP contribution in [0.25, 0.3) is 5.57 Å². The molecule has 0 saturated heterocycles. The van der Waals surface area contributed by atoms with Crippen LogP contribution in [0.4, 0.5) is 8.78 Å². The summed E-state index contributed by atoms with van der Waals surface area (Å²) in [5.41, 5.74) is 0.966. The van der Waals surface area contributed by atoms with Gasteiger partial charge in [0.25, 0.3) is 0 Å². The Hall–Kier alpha value is -1.84. The Balaban J connectivity index is 2.50. The fraction of sp³-hybridized carbons (Fsp3) is 0.0909. The normalized spacial score (nSPS) is 16.1. The lowest BCUT2D eigenvalue weighted by Crippen LogP contribution is -2.26. The topological polar surface area (TPSA) is 18.5 Å². The van der Waals surface area contributed by atoms with E-state index in [0.29, 0.717) is 11.1 Å². The minimum Gasteiger partial charge on any atom is -0.395 e. The maximum Gasteiger partial charge on any atom is 0.586 e. The van der Waals surface area contributed by atoms with E-state index in [0.717, 1.165) is 0 Å². The Bertz CT molecular complexity index is 438. The molecule has 0 amide bonds. The smallest absolute Gasteiger partial charge is 0.395 e. The molecule has 0 radical (unpaired) electrons. The number of allylic oxidation sites excluding steroid dienone is 2. The van der Waals surface area contributed by atoms with Gasteiger partial charge < -0.3 is 9.47 Å². The number of ether oxygens (including phenoxy) is 2. The van der Waals surface area contributed by atoms with Crippen molar-refractivity contribution in [3.63, 3.8) is 0 Å².